The van der Waals surface area contributed by atoms with E-state index in [0.29, 0.717) is 0 Å². The molecule has 1 aromatic heterocycles. The first-order valence-corrected chi connectivity index (χ1v) is 17.8. The molecule has 0 aliphatic carbocycles. The van der Waals surface area contributed by atoms with E-state index < -0.39 is 0 Å². The predicted octanol–water partition coefficient (Wildman–Crippen LogP) is 14.4. The topological polar surface area (TPSA) is 16.4 Å². The molecule has 0 atom stereocenters. The van der Waals surface area contributed by atoms with Gasteiger partial charge in [-0.05, 0) is 91.8 Å². The van der Waals surface area contributed by atoms with E-state index in [2.05, 4.69) is 199 Å². The fraction of sp³-hybridized carbons (Fsp3) is 0. The van der Waals surface area contributed by atoms with E-state index >= 15 is 0 Å². The van der Waals surface area contributed by atoms with Gasteiger partial charge in [-0.2, -0.15) is 0 Å². The van der Waals surface area contributed by atoms with Crippen molar-refractivity contribution in [1.29, 1.82) is 0 Å². The minimum atomic E-state index is 0.856. The highest BCUT2D eigenvalue weighted by Crippen LogP contribution is 2.49. The van der Waals surface area contributed by atoms with Crippen molar-refractivity contribution in [3.05, 3.63) is 200 Å². The van der Waals surface area contributed by atoms with Crippen LogP contribution < -0.4 is 4.90 Å². The minimum absolute atomic E-state index is 0.856. The first kappa shape index (κ1) is 30.0. The summed E-state index contributed by atoms with van der Waals surface area (Å²) in [5, 5.41) is 7.07. The molecule has 0 N–H and O–H groups in total. The van der Waals surface area contributed by atoms with Crippen LogP contribution in [0.15, 0.2) is 205 Å². The number of hydrogen-bond acceptors (Lipinski definition) is 2. The molecule has 0 aliphatic heterocycles. The van der Waals surface area contributed by atoms with Crippen LogP contribution in [0, 0.1) is 0 Å². The number of benzene rings is 9. The van der Waals surface area contributed by atoms with Crippen molar-refractivity contribution >= 4 is 60.5 Å². The van der Waals surface area contributed by atoms with Crippen molar-refractivity contribution in [2.45, 2.75) is 0 Å². The van der Waals surface area contributed by atoms with Gasteiger partial charge in [-0.15, -0.1) is 0 Å². The molecule has 0 bridgehead atoms. The first-order chi connectivity index (χ1) is 25.8. The maximum atomic E-state index is 6.75. The van der Waals surface area contributed by atoms with E-state index in [1.165, 1.54) is 38.2 Å². The second-order valence-electron chi connectivity index (χ2n) is 13.3. The second kappa shape index (κ2) is 12.5. The van der Waals surface area contributed by atoms with E-state index in [1.54, 1.807) is 0 Å². The molecule has 0 unspecified atom stereocenters. The molecule has 0 saturated carbocycles. The average Bonchev–Trinajstić information content (AvgIpc) is 3.60. The Balaban J connectivity index is 1.30. The summed E-state index contributed by atoms with van der Waals surface area (Å²) in [5.74, 6) is 0. The molecule has 10 aromatic rings. The van der Waals surface area contributed by atoms with Crippen molar-refractivity contribution in [3.63, 3.8) is 0 Å². The Morgan fingerprint density at radius 1 is 0.346 bits per heavy atom. The van der Waals surface area contributed by atoms with Crippen LogP contribution in [0.1, 0.15) is 0 Å². The molecule has 0 radical (unpaired) electrons. The summed E-state index contributed by atoms with van der Waals surface area (Å²) in [4.78, 5) is 2.40. The molecular formula is C50H33NO. The maximum Gasteiger partial charge on any atom is 0.159 e. The van der Waals surface area contributed by atoms with Gasteiger partial charge in [-0.25, -0.2) is 0 Å². The molecule has 0 fully saturated rings. The highest BCUT2D eigenvalue weighted by atomic mass is 16.3. The summed E-state index contributed by atoms with van der Waals surface area (Å²) >= 11 is 0. The van der Waals surface area contributed by atoms with E-state index in [1.807, 2.05) is 6.07 Å². The van der Waals surface area contributed by atoms with Gasteiger partial charge < -0.3 is 9.32 Å². The summed E-state index contributed by atoms with van der Waals surface area (Å²) in [6, 6.07) is 71.8. The Morgan fingerprint density at radius 3 is 1.75 bits per heavy atom. The smallest absolute Gasteiger partial charge is 0.159 e. The molecule has 2 heteroatoms. The molecule has 0 saturated heterocycles. The van der Waals surface area contributed by atoms with Gasteiger partial charge >= 0.3 is 0 Å². The van der Waals surface area contributed by atoms with Crippen LogP contribution in [-0.2, 0) is 0 Å². The van der Waals surface area contributed by atoms with Gasteiger partial charge in [0.15, 0.2) is 5.58 Å². The third-order valence-electron chi connectivity index (χ3n) is 10.2. The fourth-order valence-electron chi connectivity index (χ4n) is 7.74. The average molecular weight is 664 g/mol. The van der Waals surface area contributed by atoms with Gasteiger partial charge in [-0.1, -0.05) is 158 Å². The van der Waals surface area contributed by atoms with Crippen LogP contribution in [0.2, 0.25) is 0 Å². The summed E-state index contributed by atoms with van der Waals surface area (Å²) in [6.45, 7) is 0. The van der Waals surface area contributed by atoms with Gasteiger partial charge in [0.05, 0.1) is 11.4 Å². The monoisotopic (exact) mass is 663 g/mol. The maximum absolute atomic E-state index is 6.75. The molecule has 0 spiro atoms. The molecular weight excluding hydrogens is 631 g/mol. The number of furan rings is 1. The lowest BCUT2D eigenvalue weighted by Gasteiger charge is -2.29. The summed E-state index contributed by atoms with van der Waals surface area (Å²) in [7, 11) is 0. The first-order valence-electron chi connectivity index (χ1n) is 17.8. The standard InChI is InChI=1S/C50H33NO/c1-2-13-34(14-3-1)39-19-10-20-42(33-39)51(47-25-12-23-45-44-21-8-9-26-48(44)52-50(45)47)46-24-11-22-43(40-29-27-35-15-4-6-17-37(35)31-40)49(46)41-30-28-36-16-5-7-18-38(36)32-41/h1-33H. The largest absolute Gasteiger partial charge is 0.454 e. The van der Waals surface area contributed by atoms with Gasteiger partial charge in [0.1, 0.15) is 5.58 Å². The van der Waals surface area contributed by atoms with Gasteiger partial charge in [0.2, 0.25) is 0 Å². The normalized spacial score (nSPS) is 11.5. The van der Waals surface area contributed by atoms with Crippen LogP contribution in [0.5, 0.6) is 0 Å². The number of anilines is 3. The lowest BCUT2D eigenvalue weighted by Crippen LogP contribution is -2.12. The van der Waals surface area contributed by atoms with Crippen molar-refractivity contribution in [2.75, 3.05) is 4.90 Å². The zero-order chi connectivity index (χ0) is 34.4. The zero-order valence-electron chi connectivity index (χ0n) is 28.4. The third-order valence-corrected chi connectivity index (χ3v) is 10.2. The number of nitrogens with zero attached hydrogens (tertiary/aromatic N) is 1. The van der Waals surface area contributed by atoms with Crippen LogP contribution in [-0.4, -0.2) is 0 Å². The van der Waals surface area contributed by atoms with Crippen molar-refractivity contribution < 1.29 is 4.42 Å². The molecule has 9 aromatic carbocycles. The van der Waals surface area contributed by atoms with Gasteiger partial charge in [-0.3, -0.25) is 0 Å². The lowest BCUT2D eigenvalue weighted by molar-refractivity contribution is 0.669. The summed E-state index contributed by atoms with van der Waals surface area (Å²) in [5.41, 5.74) is 11.8. The van der Waals surface area contributed by atoms with Gasteiger partial charge in [0.25, 0.3) is 0 Å². The van der Waals surface area contributed by atoms with Gasteiger partial charge in [0, 0.05) is 22.0 Å². The van der Waals surface area contributed by atoms with Crippen molar-refractivity contribution in [1.82, 2.24) is 0 Å². The highest BCUT2D eigenvalue weighted by molar-refractivity contribution is 6.11. The Labute approximate surface area is 302 Å². The minimum Gasteiger partial charge on any atom is -0.454 e. The SMILES string of the molecule is c1ccc(-c2cccc(N(c3cccc(-c4ccc5ccccc5c4)c3-c3ccc4ccccc4c3)c3cccc4c3oc3ccccc34)c2)cc1. The lowest BCUT2D eigenvalue weighted by atomic mass is 9.90. The molecule has 244 valence electrons. The Kier molecular flexibility index (Phi) is 7.18. The van der Waals surface area contributed by atoms with Crippen LogP contribution in [0.3, 0.4) is 0 Å². The summed E-state index contributed by atoms with van der Waals surface area (Å²) < 4.78 is 6.75. The molecule has 2 nitrogen and oxygen atoms in total. The molecule has 10 rings (SSSR count). The second-order valence-corrected chi connectivity index (χ2v) is 13.3. The van der Waals surface area contributed by atoms with Crippen LogP contribution >= 0.6 is 0 Å². The Morgan fingerprint density at radius 2 is 0.942 bits per heavy atom. The Bertz CT molecular complexity index is 2920. The number of fused-ring (bicyclic) bond motifs is 5. The molecule has 0 aliphatic rings. The Hall–Kier alpha value is -6.90. The fourth-order valence-corrected chi connectivity index (χ4v) is 7.74. The highest BCUT2D eigenvalue weighted by Gasteiger charge is 2.24. The predicted molar refractivity (Wildman–Crippen MR) is 220 cm³/mol. The molecule has 0 amide bonds. The van der Waals surface area contributed by atoms with Crippen molar-refractivity contribution in [3.8, 4) is 33.4 Å². The zero-order valence-corrected chi connectivity index (χ0v) is 28.4. The molecule has 1 heterocycles. The van der Waals surface area contributed by atoms with Crippen molar-refractivity contribution in [2.24, 2.45) is 0 Å². The van der Waals surface area contributed by atoms with E-state index in [0.717, 1.165) is 55.7 Å². The van der Waals surface area contributed by atoms with E-state index in [4.69, 9.17) is 4.42 Å². The van der Waals surface area contributed by atoms with E-state index in [-0.39, 0.29) is 0 Å². The summed E-state index contributed by atoms with van der Waals surface area (Å²) in [6.07, 6.45) is 0. The van der Waals surface area contributed by atoms with Crippen LogP contribution in [0.25, 0.3) is 76.9 Å². The third kappa shape index (κ3) is 5.12. The number of para-hydroxylation sites is 2. The van der Waals surface area contributed by atoms with Crippen LogP contribution in [0.4, 0.5) is 17.1 Å². The number of rotatable bonds is 6. The quantitative estimate of drug-likeness (QED) is 0.176. The molecule has 52 heavy (non-hydrogen) atoms. The number of hydrogen-bond donors (Lipinski definition) is 0. The van der Waals surface area contributed by atoms with E-state index in [9.17, 15) is 0 Å².